The second-order valence-electron chi connectivity index (χ2n) is 8.94. The number of nitrogens with one attached hydrogen (secondary N) is 3. The third kappa shape index (κ3) is 5.13. The number of aromatic nitrogens is 5. The summed E-state index contributed by atoms with van der Waals surface area (Å²) in [7, 11) is 1.72. The molecule has 190 valence electrons. The van der Waals surface area contributed by atoms with Gasteiger partial charge in [-0.2, -0.15) is 23.3 Å². The second kappa shape index (κ2) is 9.76. The number of methoxy groups -OCH3 is 1. The SMILES string of the molecule is COC1CCC(NC(=O)c2cnn3ccc(-c4c[nH]c5nc(NCCC(F)(F)F)ncc45)cc23)CC1. The molecule has 1 saturated carbocycles. The number of nitrogens with zero attached hydrogens (tertiary/aromatic N) is 4. The number of carbonyl (C=O) groups is 1. The number of anilines is 1. The van der Waals surface area contributed by atoms with E-state index in [4.69, 9.17) is 4.74 Å². The van der Waals surface area contributed by atoms with E-state index < -0.39 is 12.6 Å². The van der Waals surface area contributed by atoms with E-state index in [1.54, 1.807) is 36.4 Å². The average molecular weight is 502 g/mol. The topological polar surface area (TPSA) is 109 Å². The molecule has 12 heteroatoms. The van der Waals surface area contributed by atoms with Crippen LogP contribution < -0.4 is 10.6 Å². The number of carbonyl (C=O) groups excluding carboxylic acids is 1. The first-order chi connectivity index (χ1) is 17.3. The van der Waals surface area contributed by atoms with Crippen molar-refractivity contribution in [3.63, 3.8) is 0 Å². The second-order valence-corrected chi connectivity index (χ2v) is 8.94. The third-order valence-corrected chi connectivity index (χ3v) is 6.54. The number of alkyl halides is 3. The van der Waals surface area contributed by atoms with Gasteiger partial charge in [-0.1, -0.05) is 0 Å². The quantitative estimate of drug-likeness (QED) is 0.348. The fourth-order valence-electron chi connectivity index (χ4n) is 4.58. The minimum atomic E-state index is -4.25. The summed E-state index contributed by atoms with van der Waals surface area (Å²) in [6.07, 6.45) is 5.28. The lowest BCUT2D eigenvalue weighted by Crippen LogP contribution is -2.38. The van der Waals surface area contributed by atoms with Gasteiger partial charge in [-0.15, -0.1) is 0 Å². The minimum absolute atomic E-state index is 0.103. The fraction of sp³-hybridized carbons (Fsp3) is 0.417. The molecule has 0 atom stereocenters. The normalized spacial score (nSPS) is 18.6. The van der Waals surface area contributed by atoms with Gasteiger partial charge in [0.2, 0.25) is 5.95 Å². The van der Waals surface area contributed by atoms with Crippen LogP contribution in [0, 0.1) is 0 Å². The van der Waals surface area contributed by atoms with Crippen molar-refractivity contribution >= 4 is 28.4 Å². The first-order valence-corrected chi connectivity index (χ1v) is 11.8. The molecule has 36 heavy (non-hydrogen) atoms. The Hall–Kier alpha value is -3.67. The highest BCUT2D eigenvalue weighted by Gasteiger charge is 2.26. The van der Waals surface area contributed by atoms with Gasteiger partial charge in [0, 0.05) is 49.2 Å². The lowest BCUT2D eigenvalue weighted by molar-refractivity contribution is -0.131. The number of aromatic amines is 1. The number of hydrogen-bond acceptors (Lipinski definition) is 6. The molecule has 1 aliphatic rings. The number of rotatable bonds is 7. The average Bonchev–Trinajstić information content (AvgIpc) is 3.47. The van der Waals surface area contributed by atoms with Crippen LogP contribution in [0.4, 0.5) is 19.1 Å². The Balaban J connectivity index is 1.35. The summed E-state index contributed by atoms with van der Waals surface area (Å²) in [6, 6.07) is 3.85. The molecule has 0 aromatic carbocycles. The molecule has 9 nitrogen and oxygen atoms in total. The Kier molecular flexibility index (Phi) is 6.52. The van der Waals surface area contributed by atoms with Crippen molar-refractivity contribution in [3.8, 4) is 11.1 Å². The van der Waals surface area contributed by atoms with Crippen LogP contribution in [-0.2, 0) is 4.74 Å². The molecule has 4 heterocycles. The lowest BCUT2D eigenvalue weighted by atomic mass is 9.93. The number of ether oxygens (including phenoxy) is 1. The Labute approximate surface area is 204 Å². The molecule has 0 bridgehead atoms. The summed E-state index contributed by atoms with van der Waals surface area (Å²) >= 11 is 0. The molecule has 1 amide bonds. The summed E-state index contributed by atoms with van der Waals surface area (Å²) < 4.78 is 44.2. The minimum Gasteiger partial charge on any atom is -0.381 e. The molecule has 0 unspecified atom stereocenters. The molecule has 0 radical (unpaired) electrons. The van der Waals surface area contributed by atoms with E-state index >= 15 is 0 Å². The highest BCUT2D eigenvalue weighted by molar-refractivity contribution is 6.02. The molecule has 5 rings (SSSR count). The molecule has 0 aliphatic heterocycles. The van der Waals surface area contributed by atoms with E-state index in [-0.39, 0.29) is 30.5 Å². The number of H-pyrrole nitrogens is 1. The van der Waals surface area contributed by atoms with Gasteiger partial charge in [-0.05, 0) is 43.4 Å². The van der Waals surface area contributed by atoms with Gasteiger partial charge in [0.15, 0.2) is 0 Å². The van der Waals surface area contributed by atoms with E-state index in [0.717, 1.165) is 36.8 Å². The highest BCUT2D eigenvalue weighted by atomic mass is 19.4. The number of halogens is 3. The molecule has 0 saturated heterocycles. The molecular weight excluding hydrogens is 475 g/mol. The lowest BCUT2D eigenvalue weighted by Gasteiger charge is -2.28. The van der Waals surface area contributed by atoms with Crippen LogP contribution in [0.15, 0.2) is 36.9 Å². The zero-order chi connectivity index (χ0) is 25.3. The molecule has 4 aromatic rings. The van der Waals surface area contributed by atoms with Crippen LogP contribution in [0.5, 0.6) is 0 Å². The maximum Gasteiger partial charge on any atom is 0.390 e. The third-order valence-electron chi connectivity index (χ3n) is 6.54. The molecule has 4 aromatic heterocycles. The first kappa shape index (κ1) is 24.0. The zero-order valence-electron chi connectivity index (χ0n) is 19.6. The first-order valence-electron chi connectivity index (χ1n) is 11.8. The molecule has 1 aliphatic carbocycles. The maximum atomic E-state index is 13.0. The van der Waals surface area contributed by atoms with Crippen LogP contribution in [-0.4, -0.2) is 62.4 Å². The van der Waals surface area contributed by atoms with Gasteiger partial charge in [0.05, 0.1) is 29.8 Å². The number of fused-ring (bicyclic) bond motifs is 2. The van der Waals surface area contributed by atoms with Crippen LogP contribution in [0.3, 0.4) is 0 Å². The smallest absolute Gasteiger partial charge is 0.381 e. The van der Waals surface area contributed by atoms with Gasteiger partial charge in [0.1, 0.15) is 5.65 Å². The fourth-order valence-corrected chi connectivity index (χ4v) is 4.58. The summed E-state index contributed by atoms with van der Waals surface area (Å²) in [5.74, 6) is -0.0512. The van der Waals surface area contributed by atoms with E-state index in [0.29, 0.717) is 22.1 Å². The maximum absolute atomic E-state index is 13.0. The summed E-state index contributed by atoms with van der Waals surface area (Å²) in [6.45, 7) is -0.306. The number of hydrogen-bond donors (Lipinski definition) is 3. The van der Waals surface area contributed by atoms with E-state index in [1.807, 2.05) is 12.1 Å². The van der Waals surface area contributed by atoms with Gasteiger partial charge >= 0.3 is 6.18 Å². The van der Waals surface area contributed by atoms with Crippen molar-refractivity contribution in [1.82, 2.24) is 29.9 Å². The van der Waals surface area contributed by atoms with Gasteiger partial charge in [-0.3, -0.25) is 4.79 Å². The summed E-state index contributed by atoms with van der Waals surface area (Å²) in [4.78, 5) is 24.5. The molecule has 3 N–H and O–H groups in total. The summed E-state index contributed by atoms with van der Waals surface area (Å²) in [5, 5.41) is 10.7. The van der Waals surface area contributed by atoms with Crippen LogP contribution in [0.1, 0.15) is 42.5 Å². The van der Waals surface area contributed by atoms with Gasteiger partial charge in [0.25, 0.3) is 5.91 Å². The van der Waals surface area contributed by atoms with Crippen LogP contribution in [0.25, 0.3) is 27.7 Å². The Bertz CT molecular complexity index is 1370. The van der Waals surface area contributed by atoms with Crippen molar-refractivity contribution < 1.29 is 22.7 Å². The van der Waals surface area contributed by atoms with E-state index in [9.17, 15) is 18.0 Å². The predicted octanol–water partition coefficient (Wildman–Crippen LogP) is 4.32. The molecular formula is C24H26F3N7O2. The number of amides is 1. The van der Waals surface area contributed by atoms with Gasteiger partial charge < -0.3 is 20.4 Å². The van der Waals surface area contributed by atoms with Crippen molar-refractivity contribution in [2.24, 2.45) is 0 Å². The van der Waals surface area contributed by atoms with Crippen molar-refractivity contribution in [2.45, 2.75) is 50.4 Å². The number of pyridine rings is 1. The monoisotopic (exact) mass is 501 g/mol. The molecule has 0 spiro atoms. The van der Waals surface area contributed by atoms with Crippen molar-refractivity contribution in [3.05, 3.63) is 42.5 Å². The Morgan fingerprint density at radius 1 is 1.25 bits per heavy atom. The van der Waals surface area contributed by atoms with Crippen molar-refractivity contribution in [2.75, 3.05) is 19.0 Å². The van der Waals surface area contributed by atoms with Crippen molar-refractivity contribution in [1.29, 1.82) is 0 Å². The van der Waals surface area contributed by atoms with E-state index in [2.05, 4.69) is 30.7 Å². The summed E-state index contributed by atoms with van der Waals surface area (Å²) in [5.41, 5.74) is 3.27. The zero-order valence-corrected chi connectivity index (χ0v) is 19.6. The Morgan fingerprint density at radius 2 is 2.06 bits per heavy atom. The largest absolute Gasteiger partial charge is 0.390 e. The highest BCUT2D eigenvalue weighted by Crippen LogP contribution is 2.30. The van der Waals surface area contributed by atoms with Crippen LogP contribution in [0.2, 0.25) is 0 Å². The van der Waals surface area contributed by atoms with Gasteiger partial charge in [-0.25, -0.2) is 9.50 Å². The standard InChI is InChI=1S/C24H26F3N7O2/c1-36-16-4-2-15(3-5-16)32-22(35)19-13-31-34-9-6-14(10-20(19)34)17-11-29-21-18(17)12-30-23(33-21)28-8-7-24(25,26)27/h6,9-13,15-16H,2-5,7-8H2,1H3,(H,32,35)(H2,28,29,30,33). The van der Waals surface area contributed by atoms with E-state index in [1.165, 1.54) is 0 Å². The Morgan fingerprint density at radius 3 is 2.81 bits per heavy atom. The molecule has 1 fully saturated rings. The predicted molar refractivity (Wildman–Crippen MR) is 128 cm³/mol. The van der Waals surface area contributed by atoms with Crippen LogP contribution >= 0.6 is 0 Å².